The average Bonchev–Trinajstić information content (AvgIpc) is 3.26. The first-order valence-electron chi connectivity index (χ1n) is 9.19. The predicted molar refractivity (Wildman–Crippen MR) is 96.7 cm³/mol. The summed E-state index contributed by atoms with van der Waals surface area (Å²) in [6.45, 7) is 1.80. The third-order valence-electron chi connectivity index (χ3n) is 4.88. The summed E-state index contributed by atoms with van der Waals surface area (Å²) >= 11 is 0. The molecular formula is C20H22N2O5. The Labute approximate surface area is 157 Å². The summed E-state index contributed by atoms with van der Waals surface area (Å²) in [7, 11) is 0. The molecule has 2 amide bonds. The Bertz CT molecular complexity index is 804. The minimum Gasteiger partial charge on any atom is -0.486 e. The molecule has 0 aliphatic carbocycles. The quantitative estimate of drug-likeness (QED) is 0.891. The van der Waals surface area contributed by atoms with Gasteiger partial charge >= 0.3 is 0 Å². The first-order chi connectivity index (χ1) is 13.2. The van der Waals surface area contributed by atoms with Gasteiger partial charge in [0, 0.05) is 13.1 Å². The molecule has 1 saturated heterocycles. The van der Waals surface area contributed by atoms with Gasteiger partial charge in [-0.1, -0.05) is 12.1 Å². The highest BCUT2D eigenvalue weighted by molar-refractivity contribution is 5.92. The molecule has 2 aromatic rings. The van der Waals surface area contributed by atoms with Crippen molar-refractivity contribution in [2.24, 2.45) is 5.92 Å². The Morgan fingerprint density at radius 2 is 2.00 bits per heavy atom. The fourth-order valence-electron chi connectivity index (χ4n) is 3.45. The molecule has 2 aliphatic rings. The minimum absolute atomic E-state index is 0.0607. The lowest BCUT2D eigenvalue weighted by Crippen LogP contribution is -2.48. The van der Waals surface area contributed by atoms with E-state index < -0.39 is 0 Å². The highest BCUT2D eigenvalue weighted by Gasteiger charge is 2.30. The molecule has 0 saturated carbocycles. The maximum Gasteiger partial charge on any atom is 0.289 e. The van der Waals surface area contributed by atoms with Crippen LogP contribution in [0.3, 0.4) is 0 Å². The molecule has 0 radical (unpaired) electrons. The van der Waals surface area contributed by atoms with Gasteiger partial charge in [0.25, 0.3) is 5.91 Å². The molecule has 1 fully saturated rings. The molecule has 3 heterocycles. The van der Waals surface area contributed by atoms with Gasteiger partial charge in [-0.3, -0.25) is 9.59 Å². The van der Waals surface area contributed by atoms with Crippen molar-refractivity contribution < 1.29 is 23.5 Å². The van der Waals surface area contributed by atoms with E-state index in [9.17, 15) is 9.59 Å². The number of piperidine rings is 1. The van der Waals surface area contributed by atoms with E-state index in [1.807, 2.05) is 24.3 Å². The first-order valence-corrected chi connectivity index (χ1v) is 9.19. The zero-order chi connectivity index (χ0) is 18.6. The molecule has 4 rings (SSSR count). The maximum atomic E-state index is 12.6. The van der Waals surface area contributed by atoms with Crippen LogP contribution in [0, 0.1) is 5.92 Å². The van der Waals surface area contributed by atoms with Crippen LogP contribution in [0.15, 0.2) is 47.1 Å². The van der Waals surface area contributed by atoms with Crippen molar-refractivity contribution in [2.75, 3.05) is 26.2 Å². The summed E-state index contributed by atoms with van der Waals surface area (Å²) in [5.74, 6) is 1.26. The topological polar surface area (TPSA) is 81.0 Å². The zero-order valence-electron chi connectivity index (χ0n) is 14.9. The average molecular weight is 370 g/mol. The van der Waals surface area contributed by atoms with Gasteiger partial charge < -0.3 is 24.1 Å². The van der Waals surface area contributed by atoms with Gasteiger partial charge in [-0.05, 0) is 37.1 Å². The second-order valence-electron chi connectivity index (χ2n) is 6.81. The number of benzene rings is 1. The van der Waals surface area contributed by atoms with Gasteiger partial charge in [-0.15, -0.1) is 0 Å². The number of rotatable bonds is 4. The van der Waals surface area contributed by atoms with E-state index in [0.29, 0.717) is 37.8 Å². The summed E-state index contributed by atoms with van der Waals surface area (Å²) < 4.78 is 16.7. The molecule has 2 aliphatic heterocycles. The number of likely N-dealkylation sites (tertiary alicyclic amines) is 1. The summed E-state index contributed by atoms with van der Waals surface area (Å²) in [4.78, 5) is 26.7. The highest BCUT2D eigenvalue weighted by Crippen LogP contribution is 2.30. The monoisotopic (exact) mass is 370 g/mol. The molecule has 0 bridgehead atoms. The van der Waals surface area contributed by atoms with E-state index in [0.717, 1.165) is 18.6 Å². The first kappa shape index (κ1) is 17.5. The van der Waals surface area contributed by atoms with Crippen LogP contribution in [0.25, 0.3) is 0 Å². The lowest BCUT2D eigenvalue weighted by atomic mass is 9.97. The number of nitrogens with zero attached hydrogens (tertiary/aromatic N) is 1. The normalized spacial score (nSPS) is 21.6. The number of amides is 2. The smallest absolute Gasteiger partial charge is 0.289 e. The largest absolute Gasteiger partial charge is 0.486 e. The fourth-order valence-corrected chi connectivity index (χ4v) is 3.45. The van der Waals surface area contributed by atoms with Crippen LogP contribution in [0.4, 0.5) is 0 Å². The number of ether oxygens (including phenoxy) is 2. The van der Waals surface area contributed by atoms with E-state index in [-0.39, 0.29) is 23.8 Å². The molecular weight excluding hydrogens is 348 g/mol. The van der Waals surface area contributed by atoms with E-state index >= 15 is 0 Å². The Morgan fingerprint density at radius 3 is 2.81 bits per heavy atom. The number of fused-ring (bicyclic) bond motifs is 1. The minimum atomic E-state index is -0.228. The number of carbonyl (C=O) groups excluding carboxylic acids is 2. The van der Waals surface area contributed by atoms with Crippen molar-refractivity contribution in [3.63, 3.8) is 0 Å². The van der Waals surface area contributed by atoms with Crippen molar-refractivity contribution in [1.29, 1.82) is 0 Å². The van der Waals surface area contributed by atoms with Crippen LogP contribution in [-0.4, -0.2) is 49.1 Å². The zero-order valence-corrected chi connectivity index (χ0v) is 14.9. The summed E-state index contributed by atoms with van der Waals surface area (Å²) in [6, 6.07) is 10.8. The number of nitrogens with one attached hydrogen (secondary N) is 1. The molecule has 142 valence electrons. The van der Waals surface area contributed by atoms with Gasteiger partial charge in [-0.25, -0.2) is 0 Å². The molecule has 7 heteroatoms. The SMILES string of the molecule is O=C(NC[C@@H]1COc2ccccc2O1)[C@@H]1CCCN(C(=O)c2ccco2)C1. The van der Waals surface area contributed by atoms with Crippen LogP contribution in [0.1, 0.15) is 23.4 Å². The Morgan fingerprint density at radius 1 is 1.15 bits per heavy atom. The summed E-state index contributed by atoms with van der Waals surface area (Å²) in [6.07, 6.45) is 2.80. The van der Waals surface area contributed by atoms with E-state index in [2.05, 4.69) is 5.32 Å². The third-order valence-corrected chi connectivity index (χ3v) is 4.88. The number of hydrogen-bond acceptors (Lipinski definition) is 5. The summed E-state index contributed by atoms with van der Waals surface area (Å²) in [5, 5.41) is 2.94. The van der Waals surface area contributed by atoms with Crippen molar-refractivity contribution in [3.8, 4) is 11.5 Å². The van der Waals surface area contributed by atoms with E-state index in [1.54, 1.807) is 17.0 Å². The number of hydrogen-bond donors (Lipinski definition) is 1. The highest BCUT2D eigenvalue weighted by atomic mass is 16.6. The number of para-hydroxylation sites is 2. The van der Waals surface area contributed by atoms with Crippen LogP contribution in [-0.2, 0) is 4.79 Å². The number of furan rings is 1. The van der Waals surface area contributed by atoms with E-state index in [1.165, 1.54) is 6.26 Å². The fraction of sp³-hybridized carbons (Fsp3) is 0.400. The Balaban J connectivity index is 1.29. The molecule has 1 aromatic heterocycles. The van der Waals surface area contributed by atoms with Crippen molar-refractivity contribution in [1.82, 2.24) is 10.2 Å². The van der Waals surface area contributed by atoms with Crippen LogP contribution >= 0.6 is 0 Å². The second-order valence-corrected chi connectivity index (χ2v) is 6.81. The van der Waals surface area contributed by atoms with E-state index in [4.69, 9.17) is 13.9 Å². The third kappa shape index (κ3) is 3.92. The van der Waals surface area contributed by atoms with Crippen molar-refractivity contribution in [3.05, 3.63) is 48.4 Å². The van der Waals surface area contributed by atoms with Gasteiger partial charge in [0.15, 0.2) is 17.3 Å². The van der Waals surface area contributed by atoms with Crippen molar-refractivity contribution in [2.45, 2.75) is 18.9 Å². The van der Waals surface area contributed by atoms with Crippen molar-refractivity contribution >= 4 is 11.8 Å². The van der Waals surface area contributed by atoms with Crippen LogP contribution in [0.5, 0.6) is 11.5 Å². The summed E-state index contributed by atoms with van der Waals surface area (Å²) in [5.41, 5.74) is 0. The van der Waals surface area contributed by atoms with Gasteiger partial charge in [-0.2, -0.15) is 0 Å². The molecule has 0 spiro atoms. The Kier molecular flexibility index (Phi) is 5.00. The molecule has 1 aromatic carbocycles. The lowest BCUT2D eigenvalue weighted by Gasteiger charge is -2.32. The molecule has 0 unspecified atom stereocenters. The van der Waals surface area contributed by atoms with Gasteiger partial charge in [0.05, 0.1) is 18.7 Å². The van der Waals surface area contributed by atoms with Crippen LogP contribution < -0.4 is 14.8 Å². The number of carbonyl (C=O) groups is 2. The molecule has 2 atom stereocenters. The molecule has 7 nitrogen and oxygen atoms in total. The van der Waals surface area contributed by atoms with Gasteiger partial charge in [0.2, 0.25) is 5.91 Å². The second kappa shape index (κ2) is 7.73. The predicted octanol–water partition coefficient (Wildman–Crippen LogP) is 2.09. The Hall–Kier alpha value is -2.96. The lowest BCUT2D eigenvalue weighted by molar-refractivity contribution is -0.126. The van der Waals surface area contributed by atoms with Crippen LogP contribution in [0.2, 0.25) is 0 Å². The molecule has 1 N–H and O–H groups in total. The van der Waals surface area contributed by atoms with Gasteiger partial charge in [0.1, 0.15) is 12.7 Å². The maximum absolute atomic E-state index is 12.6. The standard InChI is InChI=1S/C20H22N2O5/c23-19(21-11-15-13-26-16-6-1-2-7-17(16)27-15)14-5-3-9-22(12-14)20(24)18-8-4-10-25-18/h1-2,4,6-8,10,14-15H,3,5,9,11-13H2,(H,21,23)/t14-,15-/m1/s1. The molecule has 27 heavy (non-hydrogen) atoms.